The molecule has 0 atom stereocenters. The van der Waals surface area contributed by atoms with Crippen LogP contribution in [-0.2, 0) is 0 Å². The Balaban J connectivity index is 2.12. The van der Waals surface area contributed by atoms with E-state index in [1.807, 2.05) is 24.3 Å². The van der Waals surface area contributed by atoms with Crippen molar-refractivity contribution in [3.63, 3.8) is 0 Å². The van der Waals surface area contributed by atoms with E-state index in [0.717, 1.165) is 16.9 Å². The number of halogens is 1. The average molecular weight is 307 g/mol. The molecule has 4 nitrogen and oxygen atoms in total. The number of anilines is 1. The van der Waals surface area contributed by atoms with Gasteiger partial charge in [-0.3, -0.25) is 0 Å². The van der Waals surface area contributed by atoms with Crippen LogP contribution in [0.25, 0.3) is 16.8 Å². The number of nitrogens with two attached hydrogens (primary N) is 1. The maximum atomic E-state index is 13.1. The molecule has 2 N–H and O–H groups in total. The summed E-state index contributed by atoms with van der Waals surface area (Å²) in [5.41, 5.74) is 8.76. The first-order chi connectivity index (χ1) is 11.1. The lowest BCUT2D eigenvalue weighted by Gasteiger charge is -2.05. The summed E-state index contributed by atoms with van der Waals surface area (Å²) in [6.45, 7) is 0. The van der Waals surface area contributed by atoms with E-state index in [9.17, 15) is 9.65 Å². The minimum Gasteiger partial charge on any atom is -0.497 e. The number of hydrogen-bond donors (Lipinski definition) is 1. The summed E-state index contributed by atoms with van der Waals surface area (Å²) < 4.78 is 19.9. The zero-order chi connectivity index (χ0) is 16.4. The second-order valence-electron chi connectivity index (χ2n) is 4.99. The van der Waals surface area contributed by atoms with Gasteiger partial charge in [-0.05, 0) is 42.0 Å². The van der Waals surface area contributed by atoms with E-state index in [0.29, 0.717) is 17.1 Å². The Bertz CT molecular complexity index is 874. The van der Waals surface area contributed by atoms with Gasteiger partial charge in [-0.25, -0.2) is 4.39 Å². The molecule has 1 heterocycles. The maximum absolute atomic E-state index is 13.1. The molecule has 0 unspecified atom stereocenters. The molecule has 0 aliphatic rings. The Hall–Kier alpha value is -3.26. The van der Waals surface area contributed by atoms with Crippen LogP contribution in [0.3, 0.4) is 0 Å². The van der Waals surface area contributed by atoms with Crippen molar-refractivity contribution >= 4 is 5.82 Å². The number of ether oxygens (including phenoxy) is 1. The zero-order valence-corrected chi connectivity index (χ0v) is 12.5. The number of nitrogens with zero attached hydrogens (tertiary/aromatic N) is 2. The highest BCUT2D eigenvalue weighted by Gasteiger charge is 2.16. The van der Waals surface area contributed by atoms with Gasteiger partial charge in [-0.1, -0.05) is 12.1 Å². The fourth-order valence-corrected chi connectivity index (χ4v) is 2.44. The van der Waals surface area contributed by atoms with Crippen LogP contribution in [0, 0.1) is 17.1 Å². The molecule has 5 heteroatoms. The van der Waals surface area contributed by atoms with Crippen molar-refractivity contribution in [1.82, 2.24) is 4.57 Å². The fraction of sp³-hybridized carbons (Fsp3) is 0.0556. The lowest BCUT2D eigenvalue weighted by Crippen LogP contribution is -1.99. The fourth-order valence-electron chi connectivity index (χ4n) is 2.44. The molecule has 0 bridgehead atoms. The van der Waals surface area contributed by atoms with Crippen molar-refractivity contribution in [2.75, 3.05) is 12.8 Å². The smallest absolute Gasteiger partial charge is 0.126 e. The van der Waals surface area contributed by atoms with Gasteiger partial charge in [0, 0.05) is 17.4 Å². The van der Waals surface area contributed by atoms with Gasteiger partial charge in [0.15, 0.2) is 0 Å². The van der Waals surface area contributed by atoms with Crippen LogP contribution >= 0.6 is 0 Å². The molecule has 2 aromatic carbocycles. The number of rotatable bonds is 3. The van der Waals surface area contributed by atoms with Crippen LogP contribution in [0.1, 0.15) is 5.56 Å². The van der Waals surface area contributed by atoms with Crippen molar-refractivity contribution < 1.29 is 9.13 Å². The summed E-state index contributed by atoms with van der Waals surface area (Å²) >= 11 is 0. The van der Waals surface area contributed by atoms with E-state index < -0.39 is 0 Å². The summed E-state index contributed by atoms with van der Waals surface area (Å²) in [6, 6.07) is 15.5. The van der Waals surface area contributed by atoms with E-state index in [2.05, 4.69) is 6.07 Å². The summed E-state index contributed by atoms with van der Waals surface area (Å²) in [5.74, 6) is 0.735. The van der Waals surface area contributed by atoms with Crippen molar-refractivity contribution in [2.45, 2.75) is 0 Å². The Labute approximate surface area is 133 Å². The molecule has 0 radical (unpaired) electrons. The van der Waals surface area contributed by atoms with Gasteiger partial charge in [-0.2, -0.15) is 5.26 Å². The van der Waals surface area contributed by atoms with E-state index in [1.54, 1.807) is 30.0 Å². The summed E-state index contributed by atoms with van der Waals surface area (Å²) in [6.07, 6.45) is 1.78. The van der Waals surface area contributed by atoms with Crippen molar-refractivity contribution in [2.24, 2.45) is 0 Å². The minimum absolute atomic E-state index is 0.324. The Morgan fingerprint density at radius 3 is 2.30 bits per heavy atom. The zero-order valence-electron chi connectivity index (χ0n) is 12.5. The lowest BCUT2D eigenvalue weighted by molar-refractivity contribution is 0.415. The van der Waals surface area contributed by atoms with E-state index in [4.69, 9.17) is 10.5 Å². The molecule has 3 rings (SSSR count). The molecule has 0 saturated heterocycles. The number of aromatic nitrogens is 1. The summed E-state index contributed by atoms with van der Waals surface area (Å²) in [5, 5.41) is 9.44. The molecule has 114 valence electrons. The van der Waals surface area contributed by atoms with Crippen LogP contribution in [0.15, 0.2) is 54.7 Å². The van der Waals surface area contributed by atoms with Crippen LogP contribution in [0.5, 0.6) is 5.75 Å². The third-order valence-corrected chi connectivity index (χ3v) is 3.66. The van der Waals surface area contributed by atoms with Gasteiger partial charge < -0.3 is 15.0 Å². The Morgan fingerprint density at radius 1 is 1.09 bits per heavy atom. The van der Waals surface area contributed by atoms with E-state index >= 15 is 0 Å². The molecule has 23 heavy (non-hydrogen) atoms. The Morgan fingerprint density at radius 2 is 1.74 bits per heavy atom. The second-order valence-corrected chi connectivity index (χ2v) is 4.99. The normalized spacial score (nSPS) is 10.3. The summed E-state index contributed by atoms with van der Waals surface area (Å²) in [4.78, 5) is 0. The first-order valence-electron chi connectivity index (χ1n) is 6.95. The van der Waals surface area contributed by atoms with Gasteiger partial charge in [0.1, 0.15) is 29.0 Å². The second kappa shape index (κ2) is 5.85. The average Bonchev–Trinajstić information content (AvgIpc) is 2.92. The molecule has 0 aliphatic carbocycles. The summed E-state index contributed by atoms with van der Waals surface area (Å²) in [7, 11) is 1.60. The van der Waals surface area contributed by atoms with Crippen LogP contribution in [0.4, 0.5) is 10.2 Å². The maximum Gasteiger partial charge on any atom is 0.126 e. The van der Waals surface area contributed by atoms with Gasteiger partial charge >= 0.3 is 0 Å². The standard InChI is InChI=1S/C18H14FN3O/c1-23-15-8-2-12(3-9-15)17-11-22(18(21)16(17)10-20)14-6-4-13(19)5-7-14/h2-9,11H,21H2,1H3. The number of methoxy groups -OCH3 is 1. The molecular weight excluding hydrogens is 293 g/mol. The topological polar surface area (TPSA) is 64.0 Å². The van der Waals surface area contributed by atoms with E-state index in [-0.39, 0.29) is 5.82 Å². The quantitative estimate of drug-likeness (QED) is 0.801. The molecular formula is C18H14FN3O. The molecule has 0 saturated carbocycles. The third kappa shape index (κ3) is 2.62. The minimum atomic E-state index is -0.324. The molecule has 0 aliphatic heterocycles. The van der Waals surface area contributed by atoms with Gasteiger partial charge in [-0.15, -0.1) is 0 Å². The predicted octanol–water partition coefficient (Wildman–Crippen LogP) is 3.75. The molecule has 3 aromatic rings. The first-order valence-corrected chi connectivity index (χ1v) is 6.95. The predicted molar refractivity (Wildman–Crippen MR) is 86.8 cm³/mol. The van der Waals surface area contributed by atoms with Crippen molar-refractivity contribution in [1.29, 1.82) is 5.26 Å². The third-order valence-electron chi connectivity index (χ3n) is 3.66. The van der Waals surface area contributed by atoms with Crippen LogP contribution in [0.2, 0.25) is 0 Å². The Kier molecular flexibility index (Phi) is 3.73. The van der Waals surface area contributed by atoms with Crippen LogP contribution < -0.4 is 10.5 Å². The molecule has 0 fully saturated rings. The highest BCUT2D eigenvalue weighted by Crippen LogP contribution is 2.32. The SMILES string of the molecule is COc1ccc(-c2cn(-c3ccc(F)cc3)c(N)c2C#N)cc1. The van der Waals surface area contributed by atoms with E-state index in [1.165, 1.54) is 12.1 Å². The van der Waals surface area contributed by atoms with Crippen molar-refractivity contribution in [3.05, 3.63) is 66.1 Å². The number of hydrogen-bond acceptors (Lipinski definition) is 3. The number of benzene rings is 2. The first kappa shape index (κ1) is 14.7. The molecule has 1 aromatic heterocycles. The number of nitrogen functional groups attached to an aromatic ring is 1. The molecule has 0 amide bonds. The van der Waals surface area contributed by atoms with Gasteiger partial charge in [0.05, 0.1) is 7.11 Å². The lowest BCUT2D eigenvalue weighted by atomic mass is 10.0. The van der Waals surface area contributed by atoms with Crippen LogP contribution in [-0.4, -0.2) is 11.7 Å². The highest BCUT2D eigenvalue weighted by atomic mass is 19.1. The molecule has 0 spiro atoms. The van der Waals surface area contributed by atoms with Crippen molar-refractivity contribution in [3.8, 4) is 28.6 Å². The van der Waals surface area contributed by atoms with Gasteiger partial charge in [0.2, 0.25) is 0 Å². The number of nitriles is 1. The highest BCUT2D eigenvalue weighted by molar-refractivity contribution is 5.78. The monoisotopic (exact) mass is 307 g/mol. The largest absolute Gasteiger partial charge is 0.497 e. The van der Waals surface area contributed by atoms with Gasteiger partial charge in [0.25, 0.3) is 0 Å².